The zero-order valence-corrected chi connectivity index (χ0v) is 17.4. The van der Waals surface area contributed by atoms with E-state index >= 15 is 0 Å². The number of carbonyl (C=O) groups excluding carboxylic acids is 1. The summed E-state index contributed by atoms with van der Waals surface area (Å²) in [6.07, 6.45) is 8.46. The summed E-state index contributed by atoms with van der Waals surface area (Å²) in [6.45, 7) is 4.56. The van der Waals surface area contributed by atoms with Gasteiger partial charge in [-0.1, -0.05) is 19.1 Å². The highest BCUT2D eigenvalue weighted by Crippen LogP contribution is 2.52. The van der Waals surface area contributed by atoms with Crippen LogP contribution >= 0.6 is 0 Å². The molecule has 0 radical (unpaired) electrons. The highest BCUT2D eigenvalue weighted by molar-refractivity contribution is 5.84. The topological polar surface area (TPSA) is 72.3 Å². The van der Waals surface area contributed by atoms with Gasteiger partial charge >= 0.3 is 0 Å². The lowest BCUT2D eigenvalue weighted by atomic mass is 9.71. The van der Waals surface area contributed by atoms with Crippen LogP contribution in [0.2, 0.25) is 0 Å². The standard InChI is InChI=1S/C22H31N5O2/c1-3-22(21(28)23-10-5-11-26-15-24-25-16-26)13-18-8-9-20(22)27(18)14-17-6-4-7-19(12-17)29-2/h4,6-7,12,15-16,18,20H,3,5,8-11,13-14H2,1-2H3,(H,23,28)/t18-,20+,22+/m0/s1. The van der Waals surface area contributed by atoms with Gasteiger partial charge in [0.05, 0.1) is 12.5 Å². The number of carbonyl (C=O) groups is 1. The van der Waals surface area contributed by atoms with Crippen LogP contribution in [0.5, 0.6) is 5.75 Å². The highest BCUT2D eigenvalue weighted by Gasteiger charge is 2.58. The summed E-state index contributed by atoms with van der Waals surface area (Å²) in [5.74, 6) is 1.12. The molecule has 1 aromatic carbocycles. The van der Waals surface area contributed by atoms with Crippen molar-refractivity contribution in [2.24, 2.45) is 5.41 Å². The average molecular weight is 398 g/mol. The second kappa shape index (κ2) is 8.53. The number of nitrogens with zero attached hydrogens (tertiary/aromatic N) is 4. The number of aryl methyl sites for hydroxylation is 1. The van der Waals surface area contributed by atoms with Crippen LogP contribution < -0.4 is 10.1 Å². The minimum absolute atomic E-state index is 0.228. The van der Waals surface area contributed by atoms with Gasteiger partial charge in [0.25, 0.3) is 0 Å². The van der Waals surface area contributed by atoms with Crippen molar-refractivity contribution in [1.29, 1.82) is 0 Å². The van der Waals surface area contributed by atoms with E-state index in [0.717, 1.165) is 44.5 Å². The lowest BCUT2D eigenvalue weighted by Crippen LogP contribution is -2.49. The monoisotopic (exact) mass is 397 g/mol. The van der Waals surface area contributed by atoms with Crippen LogP contribution in [-0.2, 0) is 17.9 Å². The predicted molar refractivity (Wildman–Crippen MR) is 110 cm³/mol. The molecule has 2 aromatic rings. The molecule has 1 amide bonds. The highest BCUT2D eigenvalue weighted by atomic mass is 16.5. The van der Waals surface area contributed by atoms with Crippen LogP contribution in [0.3, 0.4) is 0 Å². The maximum Gasteiger partial charge on any atom is 0.227 e. The quantitative estimate of drug-likeness (QED) is 0.659. The molecule has 29 heavy (non-hydrogen) atoms. The number of hydrogen-bond acceptors (Lipinski definition) is 5. The van der Waals surface area contributed by atoms with Gasteiger partial charge in [-0.2, -0.15) is 0 Å². The maximum absolute atomic E-state index is 13.3. The summed E-state index contributed by atoms with van der Waals surface area (Å²) in [7, 11) is 1.70. The van der Waals surface area contributed by atoms with E-state index in [-0.39, 0.29) is 11.3 Å². The normalized spacial score (nSPS) is 26.0. The smallest absolute Gasteiger partial charge is 0.227 e. The van der Waals surface area contributed by atoms with Gasteiger partial charge in [0.1, 0.15) is 18.4 Å². The molecule has 0 saturated carbocycles. The van der Waals surface area contributed by atoms with Gasteiger partial charge < -0.3 is 14.6 Å². The summed E-state index contributed by atoms with van der Waals surface area (Å²) in [5, 5.41) is 10.9. The first kappa shape index (κ1) is 19.9. The Morgan fingerprint density at radius 1 is 1.31 bits per heavy atom. The first-order valence-corrected chi connectivity index (χ1v) is 10.7. The van der Waals surface area contributed by atoms with Gasteiger partial charge in [0, 0.05) is 31.7 Å². The fourth-order valence-electron chi connectivity index (χ4n) is 5.29. The number of nitrogens with one attached hydrogen (secondary N) is 1. The third-order valence-corrected chi connectivity index (χ3v) is 6.81. The number of amides is 1. The molecule has 2 fully saturated rings. The molecule has 7 nitrogen and oxygen atoms in total. The molecule has 1 N–H and O–H groups in total. The van der Waals surface area contributed by atoms with Crippen LogP contribution in [-0.4, -0.2) is 51.3 Å². The Morgan fingerprint density at radius 2 is 2.14 bits per heavy atom. The summed E-state index contributed by atoms with van der Waals surface area (Å²) in [5.41, 5.74) is 0.987. The number of hydrogen-bond donors (Lipinski definition) is 1. The second-order valence-electron chi connectivity index (χ2n) is 8.29. The Bertz CT molecular complexity index is 824. The zero-order valence-electron chi connectivity index (χ0n) is 17.4. The minimum atomic E-state index is -0.266. The molecule has 2 bridgehead atoms. The van der Waals surface area contributed by atoms with Crippen molar-refractivity contribution < 1.29 is 9.53 Å². The van der Waals surface area contributed by atoms with E-state index in [2.05, 4.69) is 39.5 Å². The van der Waals surface area contributed by atoms with Crippen molar-refractivity contribution in [2.75, 3.05) is 13.7 Å². The van der Waals surface area contributed by atoms with Crippen LogP contribution in [0, 0.1) is 5.41 Å². The van der Waals surface area contributed by atoms with Crippen molar-refractivity contribution in [3.63, 3.8) is 0 Å². The second-order valence-corrected chi connectivity index (χ2v) is 8.29. The molecule has 3 atom stereocenters. The Labute approximate surface area is 172 Å². The van der Waals surface area contributed by atoms with Crippen molar-refractivity contribution in [3.05, 3.63) is 42.5 Å². The fraction of sp³-hybridized carbons (Fsp3) is 0.591. The molecule has 4 rings (SSSR count). The van der Waals surface area contributed by atoms with E-state index in [1.54, 1.807) is 19.8 Å². The molecule has 7 heteroatoms. The average Bonchev–Trinajstić information content (AvgIpc) is 3.47. The number of aromatic nitrogens is 3. The molecule has 2 saturated heterocycles. The van der Waals surface area contributed by atoms with E-state index in [1.807, 2.05) is 16.7 Å². The van der Waals surface area contributed by atoms with Gasteiger partial charge in [-0.25, -0.2) is 0 Å². The molecule has 2 aliphatic rings. The Hall–Kier alpha value is -2.41. The van der Waals surface area contributed by atoms with Gasteiger partial charge in [0.15, 0.2) is 0 Å². The minimum Gasteiger partial charge on any atom is -0.497 e. The van der Waals surface area contributed by atoms with E-state index in [9.17, 15) is 4.79 Å². The lowest BCUT2D eigenvalue weighted by molar-refractivity contribution is -0.133. The Kier molecular flexibility index (Phi) is 5.85. The van der Waals surface area contributed by atoms with Gasteiger partial charge in [-0.3, -0.25) is 9.69 Å². The molecule has 0 unspecified atom stereocenters. The van der Waals surface area contributed by atoms with Crippen molar-refractivity contribution in [1.82, 2.24) is 25.0 Å². The number of benzene rings is 1. The van der Waals surface area contributed by atoms with E-state index in [0.29, 0.717) is 18.6 Å². The summed E-state index contributed by atoms with van der Waals surface area (Å²) in [6, 6.07) is 9.10. The van der Waals surface area contributed by atoms with Gasteiger partial charge in [-0.15, -0.1) is 10.2 Å². The van der Waals surface area contributed by atoms with E-state index in [4.69, 9.17) is 4.74 Å². The van der Waals surface area contributed by atoms with Crippen LogP contribution in [0.25, 0.3) is 0 Å². The third kappa shape index (κ3) is 3.88. The molecule has 3 heterocycles. The summed E-state index contributed by atoms with van der Waals surface area (Å²) >= 11 is 0. The Morgan fingerprint density at radius 3 is 2.90 bits per heavy atom. The number of rotatable bonds is 9. The molecule has 1 aromatic heterocycles. The molecular weight excluding hydrogens is 366 g/mol. The van der Waals surface area contributed by atoms with Crippen molar-refractivity contribution in [3.8, 4) is 5.75 Å². The predicted octanol–water partition coefficient (Wildman–Crippen LogP) is 2.63. The fourth-order valence-corrected chi connectivity index (χ4v) is 5.29. The van der Waals surface area contributed by atoms with Crippen LogP contribution in [0.15, 0.2) is 36.9 Å². The zero-order chi connectivity index (χ0) is 20.3. The Balaban J connectivity index is 1.38. The van der Waals surface area contributed by atoms with Gasteiger partial charge in [-0.05, 0) is 49.8 Å². The number of methoxy groups -OCH3 is 1. The number of fused-ring (bicyclic) bond motifs is 2. The SMILES string of the molecule is CC[C@@]1(C(=O)NCCCn2cnnc2)C[C@@H]2CC[C@H]1N2Cc1cccc(OC)c1. The largest absolute Gasteiger partial charge is 0.497 e. The van der Waals surface area contributed by atoms with E-state index in [1.165, 1.54) is 12.0 Å². The first-order valence-electron chi connectivity index (χ1n) is 10.7. The first-order chi connectivity index (χ1) is 14.2. The molecule has 0 aliphatic carbocycles. The van der Waals surface area contributed by atoms with Crippen LogP contribution in [0.1, 0.15) is 44.6 Å². The summed E-state index contributed by atoms with van der Waals surface area (Å²) in [4.78, 5) is 15.8. The molecule has 0 spiro atoms. The summed E-state index contributed by atoms with van der Waals surface area (Å²) < 4.78 is 7.32. The van der Waals surface area contributed by atoms with Crippen molar-refractivity contribution in [2.45, 2.75) is 64.2 Å². The molecular formula is C22H31N5O2. The maximum atomic E-state index is 13.3. The van der Waals surface area contributed by atoms with Crippen LogP contribution in [0.4, 0.5) is 0 Å². The third-order valence-electron chi connectivity index (χ3n) is 6.81. The van der Waals surface area contributed by atoms with Gasteiger partial charge in [0.2, 0.25) is 5.91 Å². The number of ether oxygens (including phenoxy) is 1. The molecule has 156 valence electrons. The van der Waals surface area contributed by atoms with E-state index < -0.39 is 0 Å². The van der Waals surface area contributed by atoms with Crippen molar-refractivity contribution >= 4 is 5.91 Å². The molecule has 2 aliphatic heterocycles. The lowest BCUT2D eigenvalue weighted by Gasteiger charge is -2.35.